The summed E-state index contributed by atoms with van der Waals surface area (Å²) in [5, 5.41) is 1.72. The fourth-order valence-corrected chi connectivity index (χ4v) is 3.19. The van der Waals surface area contributed by atoms with Crippen molar-refractivity contribution in [3.05, 3.63) is 28.3 Å². The zero-order valence-electron chi connectivity index (χ0n) is 9.99. The van der Waals surface area contributed by atoms with Crippen molar-refractivity contribution in [2.45, 2.75) is 18.4 Å². The molecular formula is C10H16ClN3O2S. The van der Waals surface area contributed by atoms with E-state index in [-0.39, 0.29) is 11.4 Å². The molecule has 3 N–H and O–H groups in total. The summed E-state index contributed by atoms with van der Waals surface area (Å²) in [6.07, 6.45) is 0. The average molecular weight is 278 g/mol. The maximum absolute atomic E-state index is 12.0. The molecule has 0 saturated carbocycles. The summed E-state index contributed by atoms with van der Waals surface area (Å²) in [4.78, 5) is 2.51. The predicted molar refractivity (Wildman–Crippen MR) is 68.1 cm³/mol. The molecule has 1 aromatic carbocycles. The maximum atomic E-state index is 12.0. The first-order chi connectivity index (χ1) is 7.77. The van der Waals surface area contributed by atoms with Crippen molar-refractivity contribution in [2.75, 3.05) is 14.1 Å². The molecule has 0 spiro atoms. The lowest BCUT2D eigenvalue weighted by Crippen LogP contribution is -2.36. The maximum Gasteiger partial charge on any atom is 0.253 e. The lowest BCUT2D eigenvalue weighted by atomic mass is 10.1. The highest BCUT2D eigenvalue weighted by atomic mass is 35.5. The van der Waals surface area contributed by atoms with E-state index in [1.807, 2.05) is 0 Å². The Balaban J connectivity index is 3.36. The van der Waals surface area contributed by atoms with Crippen LogP contribution in [0, 0.1) is 6.92 Å². The molecule has 7 heteroatoms. The van der Waals surface area contributed by atoms with Gasteiger partial charge in [0, 0.05) is 25.7 Å². The second kappa shape index (κ2) is 5.32. The van der Waals surface area contributed by atoms with Gasteiger partial charge in [-0.1, -0.05) is 11.6 Å². The van der Waals surface area contributed by atoms with Gasteiger partial charge in [-0.15, -0.1) is 4.83 Å². The van der Waals surface area contributed by atoms with Gasteiger partial charge >= 0.3 is 0 Å². The zero-order valence-corrected chi connectivity index (χ0v) is 11.6. The number of nitrogens with one attached hydrogen (secondary N) is 1. The zero-order chi connectivity index (χ0) is 13.2. The van der Waals surface area contributed by atoms with Gasteiger partial charge in [-0.05, 0) is 30.2 Å². The smallest absolute Gasteiger partial charge is 0.253 e. The summed E-state index contributed by atoms with van der Waals surface area (Å²) in [7, 11) is -0.412. The third-order valence-corrected chi connectivity index (χ3v) is 4.07. The first-order valence-corrected chi connectivity index (χ1v) is 6.83. The molecule has 17 heavy (non-hydrogen) atoms. The van der Waals surface area contributed by atoms with Crippen LogP contribution in [-0.2, 0) is 16.6 Å². The number of hydrazine groups is 1. The molecule has 0 amide bonds. The molecule has 0 aliphatic heterocycles. The van der Waals surface area contributed by atoms with Crippen LogP contribution >= 0.6 is 11.6 Å². The highest BCUT2D eigenvalue weighted by molar-refractivity contribution is 7.89. The SMILES string of the molecule is Cc1c(CN)cc(Cl)cc1S(=O)(=O)NN(C)C. The van der Waals surface area contributed by atoms with Gasteiger partial charge in [0.2, 0.25) is 0 Å². The third kappa shape index (κ3) is 3.40. The molecule has 0 aromatic heterocycles. The highest BCUT2D eigenvalue weighted by Crippen LogP contribution is 2.24. The van der Waals surface area contributed by atoms with Crippen molar-refractivity contribution >= 4 is 21.6 Å². The van der Waals surface area contributed by atoms with Gasteiger partial charge in [-0.2, -0.15) is 0 Å². The molecule has 0 fully saturated rings. The Morgan fingerprint density at radius 1 is 1.41 bits per heavy atom. The lowest BCUT2D eigenvalue weighted by molar-refractivity contribution is 0.364. The molecule has 0 heterocycles. The minimum absolute atomic E-state index is 0.152. The average Bonchev–Trinajstić information content (AvgIpc) is 2.18. The number of hydrogen-bond acceptors (Lipinski definition) is 4. The Morgan fingerprint density at radius 3 is 2.47 bits per heavy atom. The van der Waals surface area contributed by atoms with Crippen LogP contribution in [0.2, 0.25) is 5.02 Å². The van der Waals surface area contributed by atoms with E-state index in [1.54, 1.807) is 27.1 Å². The van der Waals surface area contributed by atoms with Crippen LogP contribution in [0.4, 0.5) is 0 Å². The molecule has 0 aliphatic carbocycles. The Bertz CT molecular complexity index is 515. The molecule has 96 valence electrons. The fourth-order valence-electron chi connectivity index (χ4n) is 1.49. The van der Waals surface area contributed by atoms with E-state index in [0.29, 0.717) is 10.6 Å². The van der Waals surface area contributed by atoms with Gasteiger partial charge in [0.25, 0.3) is 10.0 Å². The van der Waals surface area contributed by atoms with Crippen LogP contribution in [0.1, 0.15) is 11.1 Å². The fraction of sp³-hybridized carbons (Fsp3) is 0.400. The van der Waals surface area contributed by atoms with E-state index < -0.39 is 10.0 Å². The van der Waals surface area contributed by atoms with Crippen LogP contribution in [-0.4, -0.2) is 27.5 Å². The van der Waals surface area contributed by atoms with Crippen LogP contribution in [0.15, 0.2) is 17.0 Å². The normalized spacial score (nSPS) is 12.1. The van der Waals surface area contributed by atoms with Crippen molar-refractivity contribution in [3.8, 4) is 0 Å². The third-order valence-electron chi connectivity index (χ3n) is 2.24. The summed E-state index contributed by atoms with van der Waals surface area (Å²) in [5.41, 5.74) is 6.88. The second-order valence-corrected chi connectivity index (χ2v) is 5.95. The molecule has 0 atom stereocenters. The molecule has 0 radical (unpaired) electrons. The summed E-state index contributed by atoms with van der Waals surface area (Å²) in [6, 6.07) is 3.09. The number of hydrogen-bond donors (Lipinski definition) is 2. The number of nitrogens with two attached hydrogens (primary N) is 1. The van der Waals surface area contributed by atoms with E-state index >= 15 is 0 Å². The van der Waals surface area contributed by atoms with Gasteiger partial charge in [0.1, 0.15) is 0 Å². The van der Waals surface area contributed by atoms with E-state index in [9.17, 15) is 8.42 Å². The number of nitrogens with zero attached hydrogens (tertiary/aromatic N) is 1. The van der Waals surface area contributed by atoms with E-state index in [2.05, 4.69) is 4.83 Å². The van der Waals surface area contributed by atoms with Crippen LogP contribution in [0.5, 0.6) is 0 Å². The Morgan fingerprint density at radius 2 is 2.00 bits per heavy atom. The molecule has 0 saturated heterocycles. The second-order valence-electron chi connectivity index (χ2n) is 3.88. The molecular weight excluding hydrogens is 262 g/mol. The van der Waals surface area contributed by atoms with Gasteiger partial charge in [0.15, 0.2) is 0 Å². The topological polar surface area (TPSA) is 75.4 Å². The standard InChI is InChI=1S/C10H16ClN3O2S/c1-7-8(6-12)4-9(11)5-10(7)17(15,16)13-14(2)3/h4-5,13H,6,12H2,1-3H3. The Kier molecular flexibility index (Phi) is 4.51. The monoisotopic (exact) mass is 277 g/mol. The molecule has 0 bridgehead atoms. The van der Waals surface area contributed by atoms with Gasteiger partial charge in [0.05, 0.1) is 4.90 Å². The number of halogens is 1. The predicted octanol–water partition coefficient (Wildman–Crippen LogP) is 0.862. The molecule has 5 nitrogen and oxygen atoms in total. The van der Waals surface area contributed by atoms with Crippen LogP contribution < -0.4 is 10.6 Å². The number of rotatable bonds is 4. The Labute approximate surface area is 107 Å². The summed E-state index contributed by atoms with van der Waals surface area (Å²) in [5.74, 6) is 0. The van der Waals surface area contributed by atoms with Crippen molar-refractivity contribution in [1.29, 1.82) is 0 Å². The molecule has 1 rings (SSSR count). The summed E-state index contributed by atoms with van der Waals surface area (Å²) < 4.78 is 24.1. The summed E-state index contributed by atoms with van der Waals surface area (Å²) in [6.45, 7) is 1.96. The van der Waals surface area contributed by atoms with Gasteiger partial charge < -0.3 is 5.73 Å². The Hall–Kier alpha value is -0.660. The van der Waals surface area contributed by atoms with Gasteiger partial charge in [-0.25, -0.2) is 13.4 Å². The first kappa shape index (κ1) is 14.4. The highest BCUT2D eigenvalue weighted by Gasteiger charge is 2.19. The first-order valence-electron chi connectivity index (χ1n) is 4.97. The molecule has 0 aliphatic rings. The number of sulfonamides is 1. The van der Waals surface area contributed by atoms with Crippen molar-refractivity contribution in [3.63, 3.8) is 0 Å². The minimum atomic E-state index is -3.61. The minimum Gasteiger partial charge on any atom is -0.326 e. The van der Waals surface area contributed by atoms with Gasteiger partial charge in [-0.3, -0.25) is 0 Å². The van der Waals surface area contributed by atoms with E-state index in [4.69, 9.17) is 17.3 Å². The lowest BCUT2D eigenvalue weighted by Gasteiger charge is -2.16. The van der Waals surface area contributed by atoms with E-state index in [0.717, 1.165) is 5.56 Å². The number of benzene rings is 1. The van der Waals surface area contributed by atoms with Crippen molar-refractivity contribution in [2.24, 2.45) is 5.73 Å². The largest absolute Gasteiger partial charge is 0.326 e. The molecule has 0 unspecified atom stereocenters. The van der Waals surface area contributed by atoms with E-state index in [1.165, 1.54) is 11.1 Å². The molecule has 1 aromatic rings. The van der Waals surface area contributed by atoms with Crippen molar-refractivity contribution in [1.82, 2.24) is 9.84 Å². The van der Waals surface area contributed by atoms with Crippen LogP contribution in [0.25, 0.3) is 0 Å². The van der Waals surface area contributed by atoms with Crippen LogP contribution in [0.3, 0.4) is 0 Å². The summed E-state index contributed by atoms with van der Waals surface area (Å²) >= 11 is 5.88. The van der Waals surface area contributed by atoms with Crippen molar-refractivity contribution < 1.29 is 8.42 Å². The quantitative estimate of drug-likeness (QED) is 0.801.